The van der Waals surface area contributed by atoms with Crippen LogP contribution in [0.5, 0.6) is 0 Å². The summed E-state index contributed by atoms with van der Waals surface area (Å²) in [5.41, 5.74) is -1.87. The Morgan fingerprint density at radius 2 is 1.62 bits per heavy atom. The fraction of sp³-hybridized carbons (Fsp3) is 0.579. The van der Waals surface area contributed by atoms with E-state index in [0.717, 1.165) is 18.4 Å². The van der Waals surface area contributed by atoms with Gasteiger partial charge < -0.3 is 14.6 Å². The van der Waals surface area contributed by atoms with Crippen molar-refractivity contribution in [3.05, 3.63) is 35.4 Å². The lowest BCUT2D eigenvalue weighted by Gasteiger charge is -2.50. The minimum absolute atomic E-state index is 0.395. The van der Waals surface area contributed by atoms with E-state index in [9.17, 15) is 14.7 Å². The number of esters is 2. The maximum Gasteiger partial charge on any atom is 0.342 e. The van der Waals surface area contributed by atoms with Gasteiger partial charge in [-0.2, -0.15) is 0 Å². The molecule has 0 aliphatic heterocycles. The first-order valence-corrected chi connectivity index (χ1v) is 8.26. The molecule has 0 radical (unpaired) electrons. The lowest BCUT2D eigenvalue weighted by atomic mass is 9.53. The first kappa shape index (κ1) is 17.0. The lowest BCUT2D eigenvalue weighted by molar-refractivity contribution is -0.193. The normalized spacial score (nSPS) is 37.3. The molecule has 1 aromatic carbocycles. The van der Waals surface area contributed by atoms with Gasteiger partial charge in [-0.15, -0.1) is 0 Å². The van der Waals surface area contributed by atoms with E-state index in [0.29, 0.717) is 12.0 Å². The van der Waals surface area contributed by atoms with Crippen molar-refractivity contribution in [2.45, 2.75) is 44.1 Å². The van der Waals surface area contributed by atoms with Gasteiger partial charge in [0.15, 0.2) is 5.60 Å². The molecule has 0 aromatic heterocycles. The molecule has 0 amide bonds. The van der Waals surface area contributed by atoms with Crippen molar-refractivity contribution in [1.29, 1.82) is 0 Å². The molecule has 2 aliphatic rings. The zero-order chi connectivity index (χ0) is 17.8. The second-order valence-electron chi connectivity index (χ2n) is 7.42. The predicted molar refractivity (Wildman–Crippen MR) is 87.2 cm³/mol. The number of carbonyl (C=O) groups is 2. The first-order chi connectivity index (χ1) is 11.3. The van der Waals surface area contributed by atoms with E-state index in [1.54, 1.807) is 19.1 Å². The highest BCUT2D eigenvalue weighted by Crippen LogP contribution is 2.65. The Balaban J connectivity index is 2.31. The Labute approximate surface area is 142 Å². The van der Waals surface area contributed by atoms with Crippen LogP contribution in [0.25, 0.3) is 0 Å². The molecule has 130 valence electrons. The van der Waals surface area contributed by atoms with Gasteiger partial charge in [0.2, 0.25) is 0 Å². The van der Waals surface area contributed by atoms with Crippen LogP contribution in [-0.2, 0) is 30.1 Å². The summed E-state index contributed by atoms with van der Waals surface area (Å²) in [6, 6.07) is 7.39. The minimum Gasteiger partial charge on any atom is -0.469 e. The van der Waals surface area contributed by atoms with Gasteiger partial charge in [-0.1, -0.05) is 37.6 Å². The Kier molecular flexibility index (Phi) is 3.75. The standard InChI is InChI=1S/C19H24O5/c1-17-10-7-11-18(2,15(20)23-3)14(17)19(22,16(21)24-4)13-9-6-5-8-12(13)17/h5-6,8-9,14,22H,7,10-11H2,1-4H3. The number of ether oxygens (including phenoxy) is 2. The van der Waals surface area contributed by atoms with Gasteiger partial charge in [-0.25, -0.2) is 4.79 Å². The van der Waals surface area contributed by atoms with Crippen molar-refractivity contribution in [3.63, 3.8) is 0 Å². The van der Waals surface area contributed by atoms with Crippen LogP contribution in [-0.4, -0.2) is 31.3 Å². The molecule has 0 spiro atoms. The van der Waals surface area contributed by atoms with Gasteiger partial charge in [0, 0.05) is 11.3 Å². The molecule has 24 heavy (non-hydrogen) atoms. The van der Waals surface area contributed by atoms with Gasteiger partial charge in [0.25, 0.3) is 0 Å². The molecule has 0 bridgehead atoms. The summed E-state index contributed by atoms with van der Waals surface area (Å²) in [4.78, 5) is 25.3. The quantitative estimate of drug-likeness (QED) is 0.841. The molecule has 2 aliphatic carbocycles. The summed E-state index contributed by atoms with van der Waals surface area (Å²) in [5.74, 6) is -1.75. The van der Waals surface area contributed by atoms with Crippen molar-refractivity contribution in [1.82, 2.24) is 0 Å². The van der Waals surface area contributed by atoms with E-state index >= 15 is 0 Å². The van der Waals surface area contributed by atoms with Crippen LogP contribution in [0, 0.1) is 11.3 Å². The number of carbonyl (C=O) groups excluding carboxylic acids is 2. The van der Waals surface area contributed by atoms with Gasteiger partial charge in [0.05, 0.1) is 19.6 Å². The minimum atomic E-state index is -1.86. The third kappa shape index (κ3) is 1.85. The zero-order valence-corrected chi connectivity index (χ0v) is 14.6. The van der Waals surface area contributed by atoms with Crippen molar-refractivity contribution < 1.29 is 24.2 Å². The monoisotopic (exact) mass is 332 g/mol. The maximum atomic E-state index is 12.7. The van der Waals surface area contributed by atoms with Crippen LogP contribution in [0.4, 0.5) is 0 Å². The smallest absolute Gasteiger partial charge is 0.342 e. The lowest BCUT2D eigenvalue weighted by Crippen LogP contribution is -2.58. The molecular weight excluding hydrogens is 308 g/mol. The summed E-state index contributed by atoms with van der Waals surface area (Å²) in [5, 5.41) is 11.6. The number of hydrogen-bond acceptors (Lipinski definition) is 5. The fourth-order valence-electron chi connectivity index (χ4n) is 5.33. The number of aliphatic hydroxyl groups is 1. The van der Waals surface area contributed by atoms with Crippen molar-refractivity contribution in [2.24, 2.45) is 11.3 Å². The molecule has 4 unspecified atom stereocenters. The molecule has 0 heterocycles. The van der Waals surface area contributed by atoms with Gasteiger partial charge >= 0.3 is 11.9 Å². The molecule has 3 rings (SSSR count). The molecule has 5 nitrogen and oxygen atoms in total. The van der Waals surface area contributed by atoms with E-state index in [-0.39, 0.29) is 0 Å². The summed E-state index contributed by atoms with van der Waals surface area (Å²) >= 11 is 0. The summed E-state index contributed by atoms with van der Waals surface area (Å²) in [6.45, 7) is 3.82. The van der Waals surface area contributed by atoms with Crippen molar-refractivity contribution in [3.8, 4) is 0 Å². The second-order valence-corrected chi connectivity index (χ2v) is 7.42. The van der Waals surface area contributed by atoms with Gasteiger partial charge in [-0.3, -0.25) is 4.79 Å². The van der Waals surface area contributed by atoms with Crippen LogP contribution < -0.4 is 0 Å². The summed E-state index contributed by atoms with van der Waals surface area (Å²) in [6.07, 6.45) is 2.18. The molecule has 5 heteroatoms. The zero-order valence-electron chi connectivity index (χ0n) is 14.6. The Hall–Kier alpha value is -1.88. The van der Waals surface area contributed by atoms with E-state index in [1.807, 2.05) is 19.1 Å². The van der Waals surface area contributed by atoms with Crippen molar-refractivity contribution >= 4 is 11.9 Å². The third-order valence-electron chi connectivity index (χ3n) is 6.19. The fourth-order valence-corrected chi connectivity index (χ4v) is 5.33. The molecule has 1 aromatic rings. The van der Waals surface area contributed by atoms with Crippen LogP contribution in [0.3, 0.4) is 0 Å². The average Bonchev–Trinajstić information content (AvgIpc) is 2.80. The van der Waals surface area contributed by atoms with E-state index in [2.05, 4.69) is 0 Å². The highest BCUT2D eigenvalue weighted by Gasteiger charge is 2.70. The average molecular weight is 332 g/mol. The molecule has 0 saturated heterocycles. The number of fused-ring (bicyclic) bond motifs is 3. The number of rotatable bonds is 2. The van der Waals surface area contributed by atoms with E-state index < -0.39 is 34.3 Å². The third-order valence-corrected chi connectivity index (χ3v) is 6.19. The van der Waals surface area contributed by atoms with E-state index in [4.69, 9.17) is 9.47 Å². The summed E-state index contributed by atoms with van der Waals surface area (Å²) in [7, 11) is 2.61. The van der Waals surface area contributed by atoms with Crippen LogP contribution in [0.2, 0.25) is 0 Å². The Morgan fingerprint density at radius 1 is 1.04 bits per heavy atom. The van der Waals surface area contributed by atoms with Gasteiger partial charge in [-0.05, 0) is 30.9 Å². The molecule has 1 saturated carbocycles. The molecule has 1 fully saturated rings. The highest BCUT2D eigenvalue weighted by atomic mass is 16.5. The molecule has 1 N–H and O–H groups in total. The molecule has 4 atom stereocenters. The Morgan fingerprint density at radius 3 is 2.21 bits per heavy atom. The SMILES string of the molecule is COC(=O)C1(C)CCCC2(C)c3ccccc3C(O)(C(=O)OC)C12. The first-order valence-electron chi connectivity index (χ1n) is 8.26. The Bertz CT molecular complexity index is 699. The van der Waals surface area contributed by atoms with Crippen LogP contribution >= 0.6 is 0 Å². The topological polar surface area (TPSA) is 72.8 Å². The maximum absolute atomic E-state index is 12.7. The van der Waals surface area contributed by atoms with Crippen LogP contribution in [0.15, 0.2) is 24.3 Å². The van der Waals surface area contributed by atoms with E-state index in [1.165, 1.54) is 14.2 Å². The van der Waals surface area contributed by atoms with Crippen LogP contribution in [0.1, 0.15) is 44.2 Å². The molecular formula is C19H24O5. The number of benzene rings is 1. The predicted octanol–water partition coefficient (Wildman–Crippen LogP) is 2.30. The number of hydrogen-bond donors (Lipinski definition) is 1. The number of methoxy groups -OCH3 is 2. The summed E-state index contributed by atoms with van der Waals surface area (Å²) < 4.78 is 10.0. The second kappa shape index (κ2) is 5.31. The highest BCUT2D eigenvalue weighted by molar-refractivity contribution is 5.87. The van der Waals surface area contributed by atoms with Crippen molar-refractivity contribution in [2.75, 3.05) is 14.2 Å². The largest absolute Gasteiger partial charge is 0.469 e. The van der Waals surface area contributed by atoms with Gasteiger partial charge in [0.1, 0.15) is 0 Å².